The van der Waals surface area contributed by atoms with Gasteiger partial charge in [-0.3, -0.25) is 14.5 Å². The summed E-state index contributed by atoms with van der Waals surface area (Å²) in [7, 11) is 7.45. The van der Waals surface area contributed by atoms with E-state index in [4.69, 9.17) is 18.9 Å². The fourth-order valence-corrected chi connectivity index (χ4v) is 6.87. The lowest BCUT2D eigenvalue weighted by atomic mass is 10.2. The van der Waals surface area contributed by atoms with Crippen LogP contribution in [-0.4, -0.2) is 81.3 Å². The molecule has 0 atom stereocenters. The van der Waals surface area contributed by atoms with Crippen LogP contribution in [0.25, 0.3) is 0 Å². The van der Waals surface area contributed by atoms with Gasteiger partial charge in [0.1, 0.15) is 29.6 Å². The normalized spacial score (nSPS) is 17.1. The number of amidine groups is 1. The monoisotopic (exact) mass is 636 g/mol. The van der Waals surface area contributed by atoms with Gasteiger partial charge in [0.2, 0.25) is 5.91 Å². The highest BCUT2D eigenvalue weighted by molar-refractivity contribution is 8.19. The SMILES string of the molecule is CCNc1ccc(NC(=O)COC)cc1N=C1SC(=C2Sc3ccc(OCCN(C)C)cc3N2C)C(=O)N1Cc1ccco1. The van der Waals surface area contributed by atoms with Gasteiger partial charge in [-0.15, -0.1) is 0 Å². The number of hydrogen-bond donors (Lipinski definition) is 2. The van der Waals surface area contributed by atoms with Crippen LogP contribution in [0.3, 0.4) is 0 Å². The Kier molecular flexibility index (Phi) is 10.2. The summed E-state index contributed by atoms with van der Waals surface area (Å²) >= 11 is 2.87. The van der Waals surface area contributed by atoms with Crippen molar-refractivity contribution in [2.45, 2.75) is 18.4 Å². The number of hydrogen-bond acceptors (Lipinski definition) is 11. The largest absolute Gasteiger partial charge is 0.492 e. The molecule has 1 saturated heterocycles. The van der Waals surface area contributed by atoms with Crippen LogP contribution < -0.4 is 20.3 Å². The van der Waals surface area contributed by atoms with Crippen LogP contribution in [-0.2, 0) is 20.9 Å². The van der Waals surface area contributed by atoms with Crippen LogP contribution in [0.15, 0.2) is 79.0 Å². The molecule has 0 radical (unpaired) electrons. The van der Waals surface area contributed by atoms with Crippen molar-refractivity contribution in [2.24, 2.45) is 4.99 Å². The molecule has 44 heavy (non-hydrogen) atoms. The molecule has 2 amide bonds. The average molecular weight is 637 g/mol. The molecule has 0 aliphatic carbocycles. The van der Waals surface area contributed by atoms with Crippen molar-refractivity contribution >= 4 is 63.3 Å². The van der Waals surface area contributed by atoms with Crippen molar-refractivity contribution in [1.82, 2.24) is 9.80 Å². The van der Waals surface area contributed by atoms with Crippen molar-refractivity contribution in [1.29, 1.82) is 0 Å². The standard InChI is InChI=1S/C31H36N6O5S2/c1-6-32-23-11-9-20(33-27(38)19-40-5)16-24(23)34-31-37(18-22-8-7-14-41-22)29(39)28(44-31)30-36(4)25-17-21(10-12-26(25)43-30)42-15-13-35(2)3/h7-12,14,16-17,32H,6,13,15,18-19H2,1-5H3,(H,33,38). The molecular formula is C31H36N6O5S2. The lowest BCUT2D eigenvalue weighted by Gasteiger charge is -2.17. The van der Waals surface area contributed by atoms with E-state index in [1.165, 1.54) is 18.9 Å². The average Bonchev–Trinajstić information content (AvgIpc) is 3.70. The van der Waals surface area contributed by atoms with Gasteiger partial charge in [0.05, 0.1) is 34.9 Å². The van der Waals surface area contributed by atoms with Crippen LogP contribution in [0.5, 0.6) is 5.75 Å². The highest BCUT2D eigenvalue weighted by Crippen LogP contribution is 2.51. The molecule has 13 heteroatoms. The van der Waals surface area contributed by atoms with Gasteiger partial charge >= 0.3 is 0 Å². The maximum Gasteiger partial charge on any atom is 0.269 e. The van der Waals surface area contributed by atoms with Gasteiger partial charge in [-0.1, -0.05) is 11.8 Å². The number of aliphatic imine (C=N–C) groups is 1. The summed E-state index contributed by atoms with van der Waals surface area (Å²) in [5, 5.41) is 7.48. The van der Waals surface area contributed by atoms with Gasteiger partial charge in [-0.2, -0.15) is 0 Å². The quantitative estimate of drug-likeness (QED) is 0.250. The first-order valence-corrected chi connectivity index (χ1v) is 15.8. The Bertz CT molecular complexity index is 1570. The summed E-state index contributed by atoms with van der Waals surface area (Å²) in [6.07, 6.45) is 1.59. The molecule has 2 aliphatic rings. The molecule has 2 N–H and O–H groups in total. The van der Waals surface area contributed by atoms with Crippen molar-refractivity contribution in [3.8, 4) is 5.75 Å². The zero-order valence-corrected chi connectivity index (χ0v) is 27.0. The number of amides is 2. The minimum atomic E-state index is -0.272. The molecule has 5 rings (SSSR count). The van der Waals surface area contributed by atoms with Crippen molar-refractivity contribution in [3.05, 3.63) is 70.5 Å². The number of nitrogens with one attached hydrogen (secondary N) is 2. The van der Waals surface area contributed by atoms with E-state index >= 15 is 0 Å². The highest BCUT2D eigenvalue weighted by Gasteiger charge is 2.40. The first-order chi connectivity index (χ1) is 21.3. The van der Waals surface area contributed by atoms with E-state index in [-0.39, 0.29) is 25.0 Å². The molecule has 2 aromatic carbocycles. The first-order valence-electron chi connectivity index (χ1n) is 14.1. The number of carbonyl (C=O) groups excluding carboxylic acids is 2. The number of ether oxygens (including phenoxy) is 2. The van der Waals surface area contributed by atoms with Gasteiger partial charge < -0.3 is 34.3 Å². The molecule has 0 spiro atoms. The predicted molar refractivity (Wildman–Crippen MR) is 177 cm³/mol. The second-order valence-corrected chi connectivity index (χ2v) is 12.3. The van der Waals surface area contributed by atoms with Crippen molar-refractivity contribution in [3.63, 3.8) is 0 Å². The van der Waals surface area contributed by atoms with E-state index in [1.54, 1.807) is 41.1 Å². The number of benzene rings is 2. The Labute approximate surface area is 265 Å². The molecule has 1 fully saturated rings. The Morgan fingerprint density at radius 1 is 1.14 bits per heavy atom. The molecule has 0 unspecified atom stereocenters. The molecular weight excluding hydrogens is 601 g/mol. The van der Waals surface area contributed by atoms with E-state index in [2.05, 4.69) is 15.5 Å². The second kappa shape index (κ2) is 14.2. The Morgan fingerprint density at radius 2 is 1.98 bits per heavy atom. The number of rotatable bonds is 12. The lowest BCUT2D eigenvalue weighted by molar-refractivity contribution is -0.123. The maximum absolute atomic E-state index is 14.1. The smallest absolute Gasteiger partial charge is 0.269 e. The molecule has 0 bridgehead atoms. The van der Waals surface area contributed by atoms with Gasteiger partial charge in [-0.05, 0) is 75.2 Å². The fraction of sp³-hybridized carbons (Fsp3) is 0.323. The van der Waals surface area contributed by atoms with E-state index in [1.807, 2.05) is 63.3 Å². The topological polar surface area (TPSA) is 112 Å². The van der Waals surface area contributed by atoms with Crippen LogP contribution in [0.4, 0.5) is 22.7 Å². The summed E-state index contributed by atoms with van der Waals surface area (Å²) in [6, 6.07) is 15.1. The lowest BCUT2D eigenvalue weighted by Crippen LogP contribution is -2.29. The highest BCUT2D eigenvalue weighted by atomic mass is 32.2. The maximum atomic E-state index is 14.1. The zero-order valence-electron chi connectivity index (χ0n) is 25.4. The minimum Gasteiger partial charge on any atom is -0.492 e. The number of likely N-dealkylation sites (N-methyl/N-ethyl adjacent to an activating group) is 1. The third kappa shape index (κ3) is 7.24. The van der Waals surface area contributed by atoms with E-state index in [0.717, 1.165) is 33.6 Å². The van der Waals surface area contributed by atoms with E-state index in [0.29, 0.717) is 40.4 Å². The first kappa shape index (κ1) is 31.5. The third-order valence-electron chi connectivity index (χ3n) is 6.70. The van der Waals surface area contributed by atoms with Gasteiger partial charge in [0.25, 0.3) is 5.91 Å². The van der Waals surface area contributed by atoms with Gasteiger partial charge in [0, 0.05) is 43.9 Å². The number of anilines is 3. The predicted octanol–water partition coefficient (Wildman–Crippen LogP) is 5.41. The van der Waals surface area contributed by atoms with Crippen LogP contribution >= 0.6 is 23.5 Å². The number of methoxy groups -OCH3 is 1. The number of thioether (sulfide) groups is 2. The number of fused-ring (bicyclic) bond motifs is 1. The van der Waals surface area contributed by atoms with Crippen LogP contribution in [0, 0.1) is 0 Å². The Hall–Kier alpha value is -3.91. The van der Waals surface area contributed by atoms with E-state index < -0.39 is 0 Å². The summed E-state index contributed by atoms with van der Waals surface area (Å²) in [5.74, 6) is 0.987. The van der Waals surface area contributed by atoms with Crippen LogP contribution in [0.1, 0.15) is 12.7 Å². The summed E-state index contributed by atoms with van der Waals surface area (Å²) in [5.41, 5.74) is 2.91. The number of nitrogens with zero attached hydrogens (tertiary/aromatic N) is 4. The van der Waals surface area contributed by atoms with E-state index in [9.17, 15) is 9.59 Å². The summed E-state index contributed by atoms with van der Waals surface area (Å²) < 4.78 is 16.5. The molecule has 2 aliphatic heterocycles. The fourth-order valence-electron chi connectivity index (χ4n) is 4.55. The Morgan fingerprint density at radius 3 is 2.70 bits per heavy atom. The van der Waals surface area contributed by atoms with Gasteiger partial charge in [0.15, 0.2) is 5.17 Å². The molecule has 3 aromatic rings. The molecule has 11 nitrogen and oxygen atoms in total. The number of carbonyl (C=O) groups is 2. The van der Waals surface area contributed by atoms with Crippen molar-refractivity contribution < 1.29 is 23.5 Å². The molecule has 3 heterocycles. The Balaban J connectivity index is 1.49. The summed E-state index contributed by atoms with van der Waals surface area (Å²) in [4.78, 5) is 38.6. The van der Waals surface area contributed by atoms with Crippen LogP contribution in [0.2, 0.25) is 0 Å². The molecule has 0 saturated carbocycles. The van der Waals surface area contributed by atoms with Crippen molar-refractivity contribution in [2.75, 3.05) is 70.1 Å². The third-order valence-corrected chi connectivity index (χ3v) is 9.13. The molecule has 232 valence electrons. The summed E-state index contributed by atoms with van der Waals surface area (Å²) in [6.45, 7) is 4.22. The minimum absolute atomic E-state index is 0.0612. The number of furan rings is 1. The zero-order chi connectivity index (χ0) is 31.2. The van der Waals surface area contributed by atoms with Gasteiger partial charge in [-0.25, -0.2) is 4.99 Å². The second-order valence-electron chi connectivity index (χ2n) is 10.3. The molecule has 1 aromatic heterocycles.